The predicted molar refractivity (Wildman–Crippen MR) is 56.4 cm³/mol. The molecular weight excluding hydrogens is 240 g/mol. The summed E-state index contributed by atoms with van der Waals surface area (Å²) < 4.78 is 4.85. The fourth-order valence-corrected chi connectivity index (χ4v) is 0.962. The first-order valence-corrected chi connectivity index (χ1v) is 3.89. The van der Waals surface area contributed by atoms with E-state index in [4.69, 9.17) is 4.74 Å². The summed E-state index contributed by atoms with van der Waals surface area (Å²) in [5.74, 6) is -0.958. The number of carboxylic acids is 1. The van der Waals surface area contributed by atoms with Crippen LogP contribution in [-0.4, -0.2) is 61.4 Å². The predicted octanol–water partition coefficient (Wildman–Crippen LogP) is -0.394. The molecule has 0 aromatic heterocycles. The molecule has 0 aliphatic carbocycles. The summed E-state index contributed by atoms with van der Waals surface area (Å²) in [6.07, 6.45) is 2.27. The number of aromatic hydroxyl groups is 1. The summed E-state index contributed by atoms with van der Waals surface area (Å²) in [5, 5.41) is 19.4. The standard InChI is InChI=1S/C10H10O4.Ca.H2O/c1-14-9-6-7(2-4-8(9)11)3-5-10(12)13;;/h2-6,11H,1H3,(H,12,13);;1H2/q;+2;/p-2/b5-3+;;. The zero-order valence-electron chi connectivity index (χ0n) is 8.71. The van der Waals surface area contributed by atoms with E-state index in [1.807, 2.05) is 0 Å². The molecule has 0 aliphatic rings. The van der Waals surface area contributed by atoms with E-state index in [1.165, 1.54) is 25.3 Å². The van der Waals surface area contributed by atoms with Gasteiger partial charge in [-0.2, -0.15) is 0 Å². The van der Waals surface area contributed by atoms with Crippen LogP contribution in [0.15, 0.2) is 24.3 Å². The normalized spacial score (nSPS) is 9.06. The van der Waals surface area contributed by atoms with Gasteiger partial charge in [-0.05, 0) is 23.8 Å². The Morgan fingerprint density at radius 1 is 1.50 bits per heavy atom. The second-order valence-corrected chi connectivity index (χ2v) is 2.58. The molecule has 82 valence electrons. The Bertz CT molecular complexity index is 375. The van der Waals surface area contributed by atoms with E-state index in [9.17, 15) is 15.0 Å². The van der Waals surface area contributed by atoms with E-state index in [2.05, 4.69) is 0 Å². The first-order chi connectivity index (χ1) is 6.63. The SMILES string of the molecule is COc1cc(/C=C/C(=O)[O-])ccc1O.[Ca+2].[OH-]. The zero-order chi connectivity index (χ0) is 10.6. The number of hydrogen-bond donors (Lipinski definition) is 1. The Labute approximate surface area is 123 Å². The van der Waals surface area contributed by atoms with Crippen molar-refractivity contribution in [3.8, 4) is 11.5 Å². The molecule has 1 aromatic rings. The van der Waals surface area contributed by atoms with E-state index in [1.54, 1.807) is 6.07 Å². The number of hydrogen-bond acceptors (Lipinski definition) is 5. The van der Waals surface area contributed by atoms with Gasteiger partial charge in [-0.15, -0.1) is 0 Å². The summed E-state index contributed by atoms with van der Waals surface area (Å²) in [4.78, 5) is 10.1. The molecule has 0 heterocycles. The molecule has 0 radical (unpaired) electrons. The molecule has 0 bridgehead atoms. The number of phenols is 1. The molecular formula is C10H10CaO5. The van der Waals surface area contributed by atoms with Crippen LogP contribution in [0.5, 0.6) is 11.5 Å². The molecule has 5 nitrogen and oxygen atoms in total. The van der Waals surface area contributed by atoms with Crippen molar-refractivity contribution < 1.29 is 25.2 Å². The molecule has 0 amide bonds. The van der Waals surface area contributed by atoms with E-state index in [0.29, 0.717) is 11.3 Å². The Morgan fingerprint density at radius 3 is 2.62 bits per heavy atom. The van der Waals surface area contributed by atoms with Gasteiger partial charge >= 0.3 is 37.7 Å². The minimum atomic E-state index is -1.27. The van der Waals surface area contributed by atoms with Gasteiger partial charge in [0.2, 0.25) is 0 Å². The number of aliphatic carboxylic acids is 1. The van der Waals surface area contributed by atoms with E-state index in [-0.39, 0.29) is 49.0 Å². The molecule has 1 aromatic carbocycles. The van der Waals surface area contributed by atoms with Crippen LogP contribution in [0.2, 0.25) is 0 Å². The van der Waals surface area contributed by atoms with Crippen LogP contribution in [0.3, 0.4) is 0 Å². The van der Waals surface area contributed by atoms with E-state index < -0.39 is 5.97 Å². The van der Waals surface area contributed by atoms with Gasteiger partial charge in [-0.25, -0.2) is 0 Å². The van der Waals surface area contributed by atoms with Crippen molar-refractivity contribution in [1.82, 2.24) is 0 Å². The fourth-order valence-electron chi connectivity index (χ4n) is 0.962. The monoisotopic (exact) mass is 250 g/mol. The molecule has 16 heavy (non-hydrogen) atoms. The van der Waals surface area contributed by atoms with Crippen LogP contribution in [0.25, 0.3) is 6.08 Å². The fraction of sp³-hybridized carbons (Fsp3) is 0.100. The zero-order valence-corrected chi connectivity index (χ0v) is 10.9. The van der Waals surface area contributed by atoms with E-state index >= 15 is 0 Å². The molecule has 2 N–H and O–H groups in total. The molecule has 0 saturated carbocycles. The second kappa shape index (κ2) is 8.41. The Hall–Kier alpha value is -0.750. The van der Waals surface area contributed by atoms with Gasteiger partial charge < -0.3 is 25.2 Å². The van der Waals surface area contributed by atoms with Crippen molar-refractivity contribution in [2.45, 2.75) is 0 Å². The van der Waals surface area contributed by atoms with Crippen molar-refractivity contribution in [3.63, 3.8) is 0 Å². The number of benzene rings is 1. The largest absolute Gasteiger partial charge is 2.00 e. The van der Waals surface area contributed by atoms with Gasteiger partial charge in [0.05, 0.1) is 13.1 Å². The van der Waals surface area contributed by atoms with Crippen molar-refractivity contribution in [1.29, 1.82) is 0 Å². The topological polar surface area (TPSA) is 99.6 Å². The third kappa shape index (κ3) is 5.37. The summed E-state index contributed by atoms with van der Waals surface area (Å²) in [6, 6.07) is 4.51. The van der Waals surface area contributed by atoms with Gasteiger partial charge in [-0.1, -0.05) is 12.1 Å². The number of carboxylic acid groups (broad SMARTS) is 1. The quantitative estimate of drug-likeness (QED) is 0.581. The molecule has 0 saturated heterocycles. The Morgan fingerprint density at radius 2 is 2.12 bits per heavy atom. The summed E-state index contributed by atoms with van der Waals surface area (Å²) >= 11 is 0. The maximum Gasteiger partial charge on any atom is 2.00 e. The number of rotatable bonds is 3. The summed E-state index contributed by atoms with van der Waals surface area (Å²) in [5.41, 5.74) is 0.615. The molecule has 0 aliphatic heterocycles. The van der Waals surface area contributed by atoms with Gasteiger partial charge in [0, 0.05) is 0 Å². The van der Waals surface area contributed by atoms with E-state index in [0.717, 1.165) is 6.08 Å². The first-order valence-electron chi connectivity index (χ1n) is 3.89. The molecule has 0 atom stereocenters. The third-order valence-electron chi connectivity index (χ3n) is 1.62. The van der Waals surface area contributed by atoms with Gasteiger partial charge in [0.25, 0.3) is 0 Å². The van der Waals surface area contributed by atoms with Gasteiger partial charge in [0.15, 0.2) is 11.5 Å². The smallest absolute Gasteiger partial charge is 0.870 e. The van der Waals surface area contributed by atoms with Gasteiger partial charge in [0.1, 0.15) is 0 Å². The number of ether oxygens (including phenoxy) is 1. The molecule has 0 unspecified atom stereocenters. The molecule has 0 fully saturated rings. The maximum absolute atomic E-state index is 10.1. The van der Waals surface area contributed by atoms with Crippen molar-refractivity contribution >= 4 is 49.8 Å². The van der Waals surface area contributed by atoms with Crippen molar-refractivity contribution in [3.05, 3.63) is 29.8 Å². The van der Waals surface area contributed by atoms with Crippen LogP contribution in [0, 0.1) is 0 Å². The number of carbonyl (C=O) groups excluding carboxylic acids is 1. The van der Waals surface area contributed by atoms with Crippen molar-refractivity contribution in [2.24, 2.45) is 0 Å². The minimum absolute atomic E-state index is 0. The minimum Gasteiger partial charge on any atom is -0.870 e. The van der Waals surface area contributed by atoms with Crippen LogP contribution in [0.4, 0.5) is 0 Å². The first kappa shape index (κ1) is 17.6. The third-order valence-corrected chi connectivity index (χ3v) is 1.62. The van der Waals surface area contributed by atoms with Gasteiger partial charge in [-0.3, -0.25) is 0 Å². The van der Waals surface area contributed by atoms with Crippen LogP contribution in [-0.2, 0) is 4.79 Å². The van der Waals surface area contributed by atoms with Crippen molar-refractivity contribution in [2.75, 3.05) is 7.11 Å². The summed E-state index contributed by atoms with van der Waals surface area (Å²) in [6.45, 7) is 0. The average molecular weight is 250 g/mol. The maximum atomic E-state index is 10.1. The second-order valence-electron chi connectivity index (χ2n) is 2.58. The number of carbonyl (C=O) groups is 1. The molecule has 6 heteroatoms. The molecule has 0 spiro atoms. The number of methoxy groups -OCH3 is 1. The van der Waals surface area contributed by atoms with Crippen LogP contribution in [0.1, 0.15) is 5.56 Å². The number of phenolic OH excluding ortho intramolecular Hbond substituents is 1. The Balaban J connectivity index is 0. The van der Waals surface area contributed by atoms with Crippen LogP contribution < -0.4 is 9.84 Å². The average Bonchev–Trinajstić information content (AvgIpc) is 2.16. The summed E-state index contributed by atoms with van der Waals surface area (Å²) in [7, 11) is 1.42. The Kier molecular flexibility index (Phi) is 9.27. The molecule has 1 rings (SSSR count). The van der Waals surface area contributed by atoms with Crippen LogP contribution >= 0.6 is 0 Å².